The number of carbonyl (C=O) groups excluding carboxylic acids is 3. The summed E-state index contributed by atoms with van der Waals surface area (Å²) in [5, 5.41) is 7.04. The molecule has 2 heterocycles. The molecule has 0 radical (unpaired) electrons. The van der Waals surface area contributed by atoms with Crippen molar-refractivity contribution in [1.82, 2.24) is 10.1 Å². The number of hydrogen-bond donors (Lipinski definition) is 1. The van der Waals surface area contributed by atoms with E-state index in [1.165, 1.54) is 11.2 Å². The van der Waals surface area contributed by atoms with Crippen molar-refractivity contribution in [3.05, 3.63) is 114 Å². The standard InChI is InChI=1S/C34H35N3O6/c1-34(2,3)32(39)35-26-11-7-10-24(18-26)21-41-28-14-12-25(13-15-28)29(30-16-17-43-36-30)20-31(38)37-27(22-42-33(37)40)19-23-8-5-4-6-9-23/h4-18,27,29H,19-22H2,1-3H3,(H,35,39)/t27?,29-/m0/s1. The van der Waals surface area contributed by atoms with Crippen LogP contribution >= 0.6 is 0 Å². The molecule has 9 nitrogen and oxygen atoms in total. The first-order chi connectivity index (χ1) is 20.7. The lowest BCUT2D eigenvalue weighted by Crippen LogP contribution is -2.40. The Balaban J connectivity index is 1.25. The lowest BCUT2D eigenvalue weighted by atomic mass is 9.91. The summed E-state index contributed by atoms with van der Waals surface area (Å²) < 4.78 is 16.4. The average molecular weight is 582 g/mol. The van der Waals surface area contributed by atoms with Crippen molar-refractivity contribution >= 4 is 23.6 Å². The van der Waals surface area contributed by atoms with Crippen LogP contribution in [0.25, 0.3) is 0 Å². The van der Waals surface area contributed by atoms with Gasteiger partial charge in [-0.05, 0) is 47.4 Å². The summed E-state index contributed by atoms with van der Waals surface area (Å²) >= 11 is 0. The Morgan fingerprint density at radius 3 is 2.44 bits per heavy atom. The Hall–Kier alpha value is -4.92. The van der Waals surface area contributed by atoms with Gasteiger partial charge in [0, 0.05) is 29.5 Å². The molecule has 222 valence electrons. The second kappa shape index (κ2) is 12.9. The van der Waals surface area contributed by atoms with Gasteiger partial charge in [-0.1, -0.05) is 80.5 Å². The van der Waals surface area contributed by atoms with E-state index < -0.39 is 17.4 Å². The van der Waals surface area contributed by atoms with Crippen LogP contribution in [0.4, 0.5) is 10.5 Å². The summed E-state index contributed by atoms with van der Waals surface area (Å²) in [6, 6.07) is 26.0. The van der Waals surface area contributed by atoms with Crippen LogP contribution in [0.1, 0.15) is 55.5 Å². The van der Waals surface area contributed by atoms with Gasteiger partial charge in [0.15, 0.2) is 0 Å². The smallest absolute Gasteiger partial charge is 0.416 e. The third-order valence-corrected chi connectivity index (χ3v) is 7.29. The molecule has 3 amide bonds. The van der Waals surface area contributed by atoms with Gasteiger partial charge in [0.25, 0.3) is 0 Å². The Morgan fingerprint density at radius 1 is 1.00 bits per heavy atom. The highest BCUT2D eigenvalue weighted by molar-refractivity contribution is 5.95. The van der Waals surface area contributed by atoms with Crippen LogP contribution in [0, 0.1) is 5.41 Å². The van der Waals surface area contributed by atoms with E-state index >= 15 is 0 Å². The number of ether oxygens (including phenoxy) is 2. The van der Waals surface area contributed by atoms with Crippen LogP contribution in [-0.4, -0.2) is 40.6 Å². The summed E-state index contributed by atoms with van der Waals surface area (Å²) in [5.74, 6) is -0.192. The summed E-state index contributed by atoms with van der Waals surface area (Å²) in [5.41, 5.74) is 3.56. The molecule has 5 rings (SSSR count). The van der Waals surface area contributed by atoms with Crippen LogP contribution in [0.5, 0.6) is 5.75 Å². The van der Waals surface area contributed by atoms with E-state index in [0.717, 1.165) is 16.7 Å². The number of hydrogen-bond acceptors (Lipinski definition) is 7. The summed E-state index contributed by atoms with van der Waals surface area (Å²) in [6.45, 7) is 6.07. The Labute approximate surface area is 250 Å². The number of rotatable bonds is 10. The quantitative estimate of drug-likeness (QED) is 0.232. The van der Waals surface area contributed by atoms with Gasteiger partial charge in [-0.2, -0.15) is 0 Å². The van der Waals surface area contributed by atoms with Crippen molar-refractivity contribution in [2.24, 2.45) is 5.41 Å². The number of nitrogens with zero attached hydrogens (tertiary/aromatic N) is 2. The summed E-state index contributed by atoms with van der Waals surface area (Å²) in [7, 11) is 0. The molecular weight excluding hydrogens is 546 g/mol. The zero-order valence-electron chi connectivity index (χ0n) is 24.5. The number of imide groups is 1. The van der Waals surface area contributed by atoms with Gasteiger partial charge in [-0.3, -0.25) is 9.59 Å². The Morgan fingerprint density at radius 2 is 1.74 bits per heavy atom. The van der Waals surface area contributed by atoms with E-state index in [1.807, 2.05) is 99.6 Å². The monoisotopic (exact) mass is 581 g/mol. The second-order valence-electron chi connectivity index (χ2n) is 11.6. The zero-order chi connectivity index (χ0) is 30.4. The van der Waals surface area contributed by atoms with E-state index in [9.17, 15) is 14.4 Å². The maximum Gasteiger partial charge on any atom is 0.416 e. The van der Waals surface area contributed by atoms with Crippen LogP contribution in [0.3, 0.4) is 0 Å². The molecule has 9 heteroatoms. The lowest BCUT2D eigenvalue weighted by Gasteiger charge is -2.22. The molecule has 3 aromatic carbocycles. The molecule has 1 unspecified atom stereocenters. The minimum Gasteiger partial charge on any atom is -0.489 e. The number of anilines is 1. The lowest BCUT2D eigenvalue weighted by molar-refractivity contribution is -0.129. The molecule has 1 aromatic heterocycles. The largest absolute Gasteiger partial charge is 0.489 e. The Kier molecular flexibility index (Phi) is 8.90. The number of nitrogens with one attached hydrogen (secondary N) is 1. The number of cyclic esters (lactones) is 1. The van der Waals surface area contributed by atoms with E-state index in [-0.39, 0.29) is 30.9 Å². The first-order valence-electron chi connectivity index (χ1n) is 14.2. The molecule has 1 N–H and O–H groups in total. The highest BCUT2D eigenvalue weighted by Crippen LogP contribution is 2.31. The average Bonchev–Trinajstić information content (AvgIpc) is 3.65. The third-order valence-electron chi connectivity index (χ3n) is 7.29. The minimum absolute atomic E-state index is 0.0141. The van der Waals surface area contributed by atoms with Crippen molar-refractivity contribution in [3.63, 3.8) is 0 Å². The molecular formula is C34H35N3O6. The highest BCUT2D eigenvalue weighted by atomic mass is 16.6. The number of benzene rings is 3. The molecule has 1 fully saturated rings. The van der Waals surface area contributed by atoms with Gasteiger partial charge in [0.05, 0.1) is 11.7 Å². The molecule has 4 aromatic rings. The van der Waals surface area contributed by atoms with Crippen LogP contribution in [0.15, 0.2) is 95.7 Å². The molecule has 0 saturated carbocycles. The van der Waals surface area contributed by atoms with Crippen molar-refractivity contribution < 1.29 is 28.4 Å². The van der Waals surface area contributed by atoms with Crippen molar-refractivity contribution in [2.75, 3.05) is 11.9 Å². The normalized spacial score (nSPS) is 15.6. The SMILES string of the molecule is CC(C)(C)C(=O)Nc1cccc(COc2ccc([C@H](CC(=O)N3C(=O)OCC3Cc3ccccc3)c3ccon3)cc2)c1. The second-order valence-corrected chi connectivity index (χ2v) is 11.6. The molecule has 2 atom stereocenters. The number of aromatic nitrogens is 1. The van der Waals surface area contributed by atoms with E-state index in [4.69, 9.17) is 14.0 Å². The summed E-state index contributed by atoms with van der Waals surface area (Å²) in [4.78, 5) is 39.7. The molecule has 1 saturated heterocycles. The van der Waals surface area contributed by atoms with Gasteiger partial charge >= 0.3 is 6.09 Å². The first-order valence-corrected chi connectivity index (χ1v) is 14.2. The highest BCUT2D eigenvalue weighted by Gasteiger charge is 2.39. The van der Waals surface area contributed by atoms with Gasteiger partial charge in [0.2, 0.25) is 11.8 Å². The molecule has 1 aliphatic rings. The predicted octanol–water partition coefficient (Wildman–Crippen LogP) is 6.35. The maximum absolute atomic E-state index is 13.5. The van der Waals surface area contributed by atoms with Gasteiger partial charge in [-0.25, -0.2) is 9.69 Å². The van der Waals surface area contributed by atoms with Crippen LogP contribution in [0.2, 0.25) is 0 Å². The molecule has 43 heavy (non-hydrogen) atoms. The fourth-order valence-corrected chi connectivity index (χ4v) is 4.89. The molecule has 0 aliphatic carbocycles. The van der Waals surface area contributed by atoms with Crippen LogP contribution < -0.4 is 10.1 Å². The van der Waals surface area contributed by atoms with Gasteiger partial charge < -0.3 is 19.3 Å². The predicted molar refractivity (Wildman–Crippen MR) is 160 cm³/mol. The molecule has 0 bridgehead atoms. The fraction of sp³-hybridized carbons (Fsp3) is 0.294. The van der Waals surface area contributed by atoms with Crippen molar-refractivity contribution in [1.29, 1.82) is 0 Å². The minimum atomic E-state index is -0.629. The maximum atomic E-state index is 13.5. The van der Waals surface area contributed by atoms with E-state index in [2.05, 4.69) is 10.5 Å². The fourth-order valence-electron chi connectivity index (χ4n) is 4.89. The topological polar surface area (TPSA) is 111 Å². The first kappa shape index (κ1) is 29.6. The van der Waals surface area contributed by atoms with E-state index in [1.54, 1.807) is 6.07 Å². The van der Waals surface area contributed by atoms with Gasteiger partial charge in [0.1, 0.15) is 25.2 Å². The van der Waals surface area contributed by atoms with Gasteiger partial charge in [-0.15, -0.1) is 0 Å². The van der Waals surface area contributed by atoms with E-state index in [0.29, 0.717) is 30.2 Å². The van der Waals surface area contributed by atoms with Crippen LogP contribution in [-0.2, 0) is 27.4 Å². The Bertz CT molecular complexity index is 1550. The molecule has 0 spiro atoms. The third kappa shape index (κ3) is 7.48. The van der Waals surface area contributed by atoms with Crippen molar-refractivity contribution in [2.45, 2.75) is 52.2 Å². The number of carbonyl (C=O) groups is 3. The number of amides is 3. The zero-order valence-corrected chi connectivity index (χ0v) is 24.5. The molecule has 1 aliphatic heterocycles. The van der Waals surface area contributed by atoms with Crippen molar-refractivity contribution in [3.8, 4) is 5.75 Å². The summed E-state index contributed by atoms with van der Waals surface area (Å²) in [6.07, 6.45) is 1.37.